The molecule has 0 aliphatic carbocycles. The lowest BCUT2D eigenvalue weighted by Gasteiger charge is -2.14. The molecule has 3 heterocycles. The number of nitrogens with zero attached hydrogens (tertiary/aromatic N) is 4. The summed E-state index contributed by atoms with van der Waals surface area (Å²) >= 11 is 6.12. The Hall–Kier alpha value is -3.90. The Morgan fingerprint density at radius 1 is 1.16 bits per heavy atom. The summed E-state index contributed by atoms with van der Waals surface area (Å²) in [4.78, 5) is 34.4. The smallest absolute Gasteiger partial charge is 0.270 e. The maximum Gasteiger partial charge on any atom is 0.270 e. The first-order valence-electron chi connectivity index (χ1n) is 11.1. The normalized spacial score (nSPS) is 15.9. The molecule has 2 aromatic carbocycles. The van der Waals surface area contributed by atoms with Crippen LogP contribution in [0.1, 0.15) is 49.3 Å². The number of aryl methyl sites for hydroxylation is 1. The van der Waals surface area contributed by atoms with Gasteiger partial charge in [0.2, 0.25) is 0 Å². The van der Waals surface area contributed by atoms with Crippen molar-refractivity contribution < 1.29 is 22.4 Å². The number of hydrogen-bond acceptors (Lipinski definition) is 7. The lowest BCUT2D eigenvalue weighted by molar-refractivity contribution is 0.0933. The van der Waals surface area contributed by atoms with Crippen molar-refractivity contribution in [3.8, 4) is 0 Å². The highest BCUT2D eigenvalue weighted by molar-refractivity contribution is 7.91. The zero-order valence-corrected chi connectivity index (χ0v) is 21.2. The second kappa shape index (κ2) is 9.20. The molecule has 10 nitrogen and oxygen atoms in total. The monoisotopic (exact) mass is 542 g/mol. The van der Waals surface area contributed by atoms with Crippen LogP contribution in [0.2, 0.25) is 5.02 Å². The average Bonchev–Trinajstić information content (AvgIpc) is 3.43. The molecule has 2 amide bonds. The van der Waals surface area contributed by atoms with E-state index in [2.05, 4.69) is 25.7 Å². The highest BCUT2D eigenvalue weighted by atomic mass is 35.5. The van der Waals surface area contributed by atoms with Crippen molar-refractivity contribution in [1.29, 1.82) is 0 Å². The number of nitrogens with one attached hydrogen (secondary N) is 2. The van der Waals surface area contributed by atoms with E-state index in [0.717, 1.165) is 4.52 Å². The van der Waals surface area contributed by atoms with E-state index in [4.69, 9.17) is 11.6 Å². The van der Waals surface area contributed by atoms with E-state index in [9.17, 15) is 22.4 Å². The summed E-state index contributed by atoms with van der Waals surface area (Å²) in [5.74, 6) is -1.91. The standard InChI is InChI=1S/C24H20ClFN6O4S/c1-12-7-14(3-6-17(12)26)9-27-22(33)18-8-20(32-24(31-18)28-11-29-32)23(34)30-19-10-37(35,36)21-13(2)16(25)5-4-15(19)21/h3-8,11,19H,9-10H2,1-2H3,(H,27,33)(H,30,34). The van der Waals surface area contributed by atoms with Gasteiger partial charge >= 0.3 is 0 Å². The molecule has 190 valence electrons. The Morgan fingerprint density at radius 3 is 2.70 bits per heavy atom. The van der Waals surface area contributed by atoms with Gasteiger partial charge in [0.15, 0.2) is 9.84 Å². The van der Waals surface area contributed by atoms with Gasteiger partial charge in [-0.2, -0.15) is 14.6 Å². The SMILES string of the molecule is Cc1cc(CNC(=O)c2cc(C(=O)NC3CS(=O)(=O)c4c3ccc(Cl)c4C)n3ncnc3n2)ccc1F. The summed E-state index contributed by atoms with van der Waals surface area (Å²) in [7, 11) is -3.66. The maximum atomic E-state index is 13.5. The van der Waals surface area contributed by atoms with Gasteiger partial charge in [-0.1, -0.05) is 29.8 Å². The molecule has 0 spiro atoms. The number of carbonyl (C=O) groups is 2. The molecule has 0 saturated carbocycles. The molecule has 0 radical (unpaired) electrons. The van der Waals surface area contributed by atoms with E-state index >= 15 is 0 Å². The van der Waals surface area contributed by atoms with Crippen molar-refractivity contribution in [2.24, 2.45) is 0 Å². The van der Waals surface area contributed by atoms with Crippen LogP contribution in [-0.4, -0.2) is 45.6 Å². The van der Waals surface area contributed by atoms with Crippen molar-refractivity contribution in [1.82, 2.24) is 30.2 Å². The number of benzene rings is 2. The van der Waals surface area contributed by atoms with Gasteiger partial charge in [0.05, 0.1) is 16.7 Å². The van der Waals surface area contributed by atoms with Gasteiger partial charge in [-0.3, -0.25) is 9.59 Å². The molecule has 1 aliphatic rings. The van der Waals surface area contributed by atoms with E-state index in [1.54, 1.807) is 38.1 Å². The molecule has 2 aromatic heterocycles. The van der Waals surface area contributed by atoms with Crippen LogP contribution in [-0.2, 0) is 16.4 Å². The molecule has 5 rings (SSSR count). The third-order valence-electron chi connectivity index (χ3n) is 6.14. The molecular formula is C24H20ClFN6O4S. The second-order valence-electron chi connectivity index (χ2n) is 8.66. The number of aromatic nitrogens is 4. The van der Waals surface area contributed by atoms with Gasteiger partial charge in [-0.25, -0.2) is 17.8 Å². The van der Waals surface area contributed by atoms with Gasteiger partial charge in [-0.05, 0) is 48.2 Å². The Bertz CT molecular complexity index is 1710. The first-order chi connectivity index (χ1) is 17.5. The third kappa shape index (κ3) is 4.53. The average molecular weight is 543 g/mol. The highest BCUT2D eigenvalue weighted by Crippen LogP contribution is 2.38. The summed E-state index contributed by atoms with van der Waals surface area (Å²) in [6.45, 7) is 3.35. The van der Waals surface area contributed by atoms with Crippen LogP contribution < -0.4 is 10.6 Å². The number of fused-ring (bicyclic) bond motifs is 2. The fraction of sp³-hybridized carbons (Fsp3) is 0.208. The van der Waals surface area contributed by atoms with E-state index in [1.165, 1.54) is 18.5 Å². The summed E-state index contributed by atoms with van der Waals surface area (Å²) in [5.41, 5.74) is 1.85. The Morgan fingerprint density at radius 2 is 1.95 bits per heavy atom. The van der Waals surface area contributed by atoms with Gasteiger partial charge in [0, 0.05) is 17.6 Å². The molecule has 1 atom stereocenters. The summed E-state index contributed by atoms with van der Waals surface area (Å²) in [5, 5.41) is 9.74. The van der Waals surface area contributed by atoms with Gasteiger partial charge < -0.3 is 10.6 Å². The lowest BCUT2D eigenvalue weighted by atomic mass is 10.1. The molecule has 0 fully saturated rings. The topological polar surface area (TPSA) is 135 Å². The fourth-order valence-electron chi connectivity index (χ4n) is 4.30. The number of halogens is 2. The van der Waals surface area contributed by atoms with Crippen molar-refractivity contribution >= 4 is 39.0 Å². The molecule has 13 heteroatoms. The van der Waals surface area contributed by atoms with E-state index in [-0.39, 0.29) is 40.2 Å². The summed E-state index contributed by atoms with van der Waals surface area (Å²) in [6.07, 6.45) is 1.18. The molecule has 1 aliphatic heterocycles. The Balaban J connectivity index is 1.41. The predicted octanol–water partition coefficient (Wildman–Crippen LogP) is 2.72. The van der Waals surface area contributed by atoms with Gasteiger partial charge in [0.1, 0.15) is 23.5 Å². The first kappa shape index (κ1) is 24.8. The van der Waals surface area contributed by atoms with Crippen molar-refractivity contribution in [3.05, 3.63) is 87.2 Å². The molecule has 1 unspecified atom stereocenters. The van der Waals surface area contributed by atoms with Crippen LogP contribution in [0.5, 0.6) is 0 Å². The van der Waals surface area contributed by atoms with Gasteiger partial charge in [0.25, 0.3) is 17.6 Å². The number of carbonyl (C=O) groups excluding carboxylic acids is 2. The second-order valence-corrected chi connectivity index (χ2v) is 11.0. The third-order valence-corrected chi connectivity index (χ3v) is 8.49. The molecule has 37 heavy (non-hydrogen) atoms. The largest absolute Gasteiger partial charge is 0.347 e. The van der Waals surface area contributed by atoms with Crippen molar-refractivity contribution in [3.63, 3.8) is 0 Å². The fourth-order valence-corrected chi connectivity index (χ4v) is 6.53. The predicted molar refractivity (Wildman–Crippen MR) is 132 cm³/mol. The number of amides is 2. The van der Waals surface area contributed by atoms with E-state index < -0.39 is 27.7 Å². The van der Waals surface area contributed by atoms with Crippen molar-refractivity contribution in [2.45, 2.75) is 31.3 Å². The van der Waals surface area contributed by atoms with Crippen LogP contribution in [0.15, 0.2) is 47.6 Å². The Kier molecular flexibility index (Phi) is 6.16. The van der Waals surface area contributed by atoms with Crippen LogP contribution in [0, 0.1) is 19.7 Å². The summed E-state index contributed by atoms with van der Waals surface area (Å²) < 4.78 is 40.2. The first-order valence-corrected chi connectivity index (χ1v) is 13.1. The summed E-state index contributed by atoms with van der Waals surface area (Å²) in [6, 6.07) is 8.08. The van der Waals surface area contributed by atoms with E-state index in [1.807, 2.05) is 0 Å². The van der Waals surface area contributed by atoms with Crippen LogP contribution in [0.25, 0.3) is 5.78 Å². The number of rotatable bonds is 5. The van der Waals surface area contributed by atoms with Gasteiger partial charge in [-0.15, -0.1) is 0 Å². The number of hydrogen-bond donors (Lipinski definition) is 2. The van der Waals surface area contributed by atoms with Crippen molar-refractivity contribution in [2.75, 3.05) is 5.75 Å². The van der Waals surface area contributed by atoms with E-state index in [0.29, 0.717) is 27.3 Å². The van der Waals surface area contributed by atoms with Crippen LogP contribution in [0.3, 0.4) is 0 Å². The molecule has 4 aromatic rings. The zero-order chi connectivity index (χ0) is 26.5. The highest BCUT2D eigenvalue weighted by Gasteiger charge is 2.38. The maximum absolute atomic E-state index is 13.5. The quantitative estimate of drug-likeness (QED) is 0.396. The molecule has 2 N–H and O–H groups in total. The Labute approximate surface area is 215 Å². The molecule has 0 bridgehead atoms. The molecular weight excluding hydrogens is 523 g/mol. The lowest BCUT2D eigenvalue weighted by Crippen LogP contribution is -2.32. The number of sulfone groups is 1. The minimum absolute atomic E-state index is 0.0116. The van der Waals surface area contributed by atoms with Crippen LogP contribution in [0.4, 0.5) is 4.39 Å². The minimum Gasteiger partial charge on any atom is -0.347 e. The van der Waals surface area contributed by atoms with Crippen LogP contribution >= 0.6 is 11.6 Å². The molecule has 0 saturated heterocycles. The zero-order valence-electron chi connectivity index (χ0n) is 19.6. The minimum atomic E-state index is -3.66.